The first kappa shape index (κ1) is 17.3. The van der Waals surface area contributed by atoms with Crippen molar-refractivity contribution in [2.75, 3.05) is 5.32 Å². The lowest BCUT2D eigenvalue weighted by molar-refractivity contribution is -0.139. The van der Waals surface area contributed by atoms with E-state index in [1.165, 1.54) is 12.1 Å². The van der Waals surface area contributed by atoms with Crippen LogP contribution >= 0.6 is 0 Å². The van der Waals surface area contributed by atoms with Crippen molar-refractivity contribution in [3.63, 3.8) is 0 Å². The molecule has 0 saturated heterocycles. The van der Waals surface area contributed by atoms with Crippen molar-refractivity contribution in [2.24, 2.45) is 0 Å². The predicted molar refractivity (Wildman–Crippen MR) is 92.1 cm³/mol. The highest BCUT2D eigenvalue weighted by atomic mass is 16.4. The van der Waals surface area contributed by atoms with E-state index in [4.69, 9.17) is 5.11 Å². The van der Waals surface area contributed by atoms with Gasteiger partial charge in [0.25, 0.3) is 5.91 Å². The van der Waals surface area contributed by atoms with Crippen LogP contribution in [0.1, 0.15) is 34.9 Å². The van der Waals surface area contributed by atoms with Crippen molar-refractivity contribution in [2.45, 2.75) is 19.0 Å². The van der Waals surface area contributed by atoms with Crippen LogP contribution in [0.2, 0.25) is 0 Å². The Hall–Kier alpha value is -3.55. The second-order valence-corrected chi connectivity index (χ2v) is 5.79. The predicted octanol–water partition coefficient (Wildman–Crippen LogP) is 1.85. The maximum atomic E-state index is 12.8. The molecule has 4 N–H and O–H groups in total. The topological polar surface area (TPSA) is 119 Å². The molecule has 2 amide bonds. The molecule has 2 aromatic carbocycles. The smallest absolute Gasteiger partial charge is 0.303 e. The summed E-state index contributed by atoms with van der Waals surface area (Å²) in [5.41, 5.74) is 4.13. The van der Waals surface area contributed by atoms with E-state index in [9.17, 15) is 19.5 Å². The molecule has 0 unspecified atom stereocenters. The van der Waals surface area contributed by atoms with Gasteiger partial charge in [0, 0.05) is 12.1 Å². The number of anilines is 1. The largest absolute Gasteiger partial charge is 0.508 e. The van der Waals surface area contributed by atoms with Gasteiger partial charge in [-0.05, 0) is 29.8 Å². The van der Waals surface area contributed by atoms with E-state index in [2.05, 4.69) is 10.7 Å². The van der Waals surface area contributed by atoms with Crippen molar-refractivity contribution >= 4 is 23.5 Å². The minimum absolute atomic E-state index is 0.0772. The third-order valence-corrected chi connectivity index (χ3v) is 3.95. The maximum absolute atomic E-state index is 12.8. The van der Waals surface area contributed by atoms with Gasteiger partial charge in [0.1, 0.15) is 11.9 Å². The summed E-state index contributed by atoms with van der Waals surface area (Å²) in [5, 5.41) is 22.5. The number of carboxylic acids is 1. The summed E-state index contributed by atoms with van der Waals surface area (Å²) >= 11 is 0. The van der Waals surface area contributed by atoms with Crippen molar-refractivity contribution in [1.82, 2.24) is 10.4 Å². The molecule has 0 saturated carbocycles. The molecule has 1 atom stereocenters. The molecule has 8 heteroatoms. The third kappa shape index (κ3) is 3.59. The number of rotatable bonds is 5. The zero-order valence-corrected chi connectivity index (χ0v) is 13.7. The molecule has 0 fully saturated rings. The number of aliphatic carboxylic acids is 1. The van der Waals surface area contributed by atoms with Gasteiger partial charge in [-0.2, -0.15) is 0 Å². The number of fused-ring (bicyclic) bond motifs is 1. The number of nitrogens with zero attached hydrogens (tertiary/aromatic N) is 1. The van der Waals surface area contributed by atoms with Crippen LogP contribution < -0.4 is 10.7 Å². The molecule has 1 aliphatic rings. The van der Waals surface area contributed by atoms with E-state index in [-0.39, 0.29) is 18.6 Å². The molecule has 3 rings (SSSR count). The van der Waals surface area contributed by atoms with Gasteiger partial charge >= 0.3 is 5.97 Å². The lowest BCUT2D eigenvalue weighted by Gasteiger charge is -2.37. The monoisotopic (exact) mass is 355 g/mol. The number of aromatic hydroxyl groups is 1. The Morgan fingerprint density at radius 3 is 2.46 bits per heavy atom. The summed E-state index contributed by atoms with van der Waals surface area (Å²) in [6.07, 6.45) is -1.28. The molecule has 0 aromatic heterocycles. The zero-order valence-electron chi connectivity index (χ0n) is 13.7. The molecule has 0 bridgehead atoms. The van der Waals surface area contributed by atoms with Gasteiger partial charge in [-0.1, -0.05) is 24.3 Å². The lowest BCUT2D eigenvalue weighted by atomic mass is 10.0. The summed E-state index contributed by atoms with van der Waals surface area (Å²) in [5.74, 6) is -2.01. The van der Waals surface area contributed by atoms with Crippen LogP contribution in [0.15, 0.2) is 48.5 Å². The van der Waals surface area contributed by atoms with Gasteiger partial charge in [-0.15, -0.1) is 0 Å². The van der Waals surface area contributed by atoms with Crippen LogP contribution in [-0.4, -0.2) is 33.0 Å². The van der Waals surface area contributed by atoms with Gasteiger partial charge in [-0.25, -0.2) is 5.01 Å². The van der Waals surface area contributed by atoms with Gasteiger partial charge in [0.2, 0.25) is 5.91 Å². The Kier molecular flexibility index (Phi) is 4.74. The molecule has 1 aliphatic heterocycles. The van der Waals surface area contributed by atoms with Crippen LogP contribution in [0, 0.1) is 0 Å². The highest BCUT2D eigenvalue weighted by molar-refractivity contribution is 6.02. The molecule has 8 nitrogen and oxygen atoms in total. The van der Waals surface area contributed by atoms with Gasteiger partial charge < -0.3 is 15.5 Å². The molecular weight excluding hydrogens is 338 g/mol. The quantitative estimate of drug-likeness (QED) is 0.650. The van der Waals surface area contributed by atoms with Crippen LogP contribution in [-0.2, 0) is 9.59 Å². The average Bonchev–Trinajstić information content (AvgIpc) is 2.63. The fourth-order valence-corrected chi connectivity index (χ4v) is 2.67. The highest BCUT2D eigenvalue weighted by Gasteiger charge is 2.34. The average molecular weight is 355 g/mol. The summed E-state index contributed by atoms with van der Waals surface area (Å²) in [4.78, 5) is 35.6. The maximum Gasteiger partial charge on any atom is 0.303 e. The van der Waals surface area contributed by atoms with Crippen molar-refractivity contribution in [3.05, 3.63) is 59.7 Å². The summed E-state index contributed by atoms with van der Waals surface area (Å²) in [6, 6.07) is 13.1. The lowest BCUT2D eigenvalue weighted by Crippen LogP contribution is -2.52. The Morgan fingerprint density at radius 2 is 1.77 bits per heavy atom. The van der Waals surface area contributed by atoms with Gasteiger partial charge in [0.15, 0.2) is 0 Å². The molecule has 2 aromatic rings. The first-order chi connectivity index (χ1) is 12.5. The van der Waals surface area contributed by atoms with Crippen LogP contribution in [0.5, 0.6) is 5.75 Å². The number of nitrogens with one attached hydrogen (secondary N) is 2. The van der Waals surface area contributed by atoms with Gasteiger partial charge in [0.05, 0.1) is 12.0 Å². The number of phenols is 1. The van der Waals surface area contributed by atoms with Crippen molar-refractivity contribution < 1.29 is 24.6 Å². The van der Waals surface area contributed by atoms with Crippen molar-refractivity contribution in [3.8, 4) is 5.75 Å². The highest BCUT2D eigenvalue weighted by Crippen LogP contribution is 2.32. The summed E-state index contributed by atoms with van der Waals surface area (Å²) < 4.78 is 0. The van der Waals surface area contributed by atoms with Crippen LogP contribution in [0.25, 0.3) is 0 Å². The molecule has 1 heterocycles. The molecule has 0 spiro atoms. The zero-order chi connectivity index (χ0) is 18.7. The first-order valence-electron chi connectivity index (χ1n) is 7.95. The van der Waals surface area contributed by atoms with E-state index in [0.717, 1.165) is 5.01 Å². The Bertz CT molecular complexity index is 850. The number of carboxylic acid groups (broad SMARTS) is 1. The van der Waals surface area contributed by atoms with Gasteiger partial charge in [-0.3, -0.25) is 19.8 Å². The summed E-state index contributed by atoms with van der Waals surface area (Å²) in [6.45, 7) is 0. The van der Waals surface area contributed by atoms with E-state index in [0.29, 0.717) is 16.8 Å². The second kappa shape index (κ2) is 7.14. The first-order valence-corrected chi connectivity index (χ1v) is 7.95. The number of hydrogen-bond donors (Lipinski definition) is 4. The number of para-hydroxylation sites is 1. The van der Waals surface area contributed by atoms with E-state index in [1.54, 1.807) is 36.4 Å². The number of amides is 2. The Morgan fingerprint density at radius 1 is 1.08 bits per heavy atom. The molecule has 0 aliphatic carbocycles. The van der Waals surface area contributed by atoms with Crippen LogP contribution in [0.3, 0.4) is 0 Å². The Balaban J connectivity index is 1.91. The van der Waals surface area contributed by atoms with Crippen LogP contribution in [0.4, 0.5) is 5.69 Å². The minimum atomic E-state index is -1.09. The number of hydrazine groups is 1. The number of benzene rings is 2. The van der Waals surface area contributed by atoms with E-state index >= 15 is 0 Å². The minimum Gasteiger partial charge on any atom is -0.508 e. The number of carbonyl (C=O) groups excluding carboxylic acids is 2. The normalized spacial score (nSPS) is 15.8. The third-order valence-electron chi connectivity index (χ3n) is 3.95. The fourth-order valence-electron chi connectivity index (χ4n) is 2.67. The number of carbonyl (C=O) groups is 3. The molecular formula is C18H17N3O5. The van der Waals surface area contributed by atoms with E-state index in [1.807, 2.05) is 0 Å². The fraction of sp³-hybridized carbons (Fsp3) is 0.167. The number of hydrogen-bond acceptors (Lipinski definition) is 5. The second-order valence-electron chi connectivity index (χ2n) is 5.79. The van der Waals surface area contributed by atoms with E-state index < -0.39 is 23.9 Å². The Labute approximate surface area is 149 Å². The molecule has 134 valence electrons. The molecule has 26 heavy (non-hydrogen) atoms. The molecule has 0 radical (unpaired) electrons. The summed E-state index contributed by atoms with van der Waals surface area (Å²) in [7, 11) is 0. The SMILES string of the molecule is O=C(O)CCC(=O)NN1C(=O)c2ccccc2N[C@@H]1c1ccc(O)cc1. The standard InChI is InChI=1S/C18H17N3O5/c22-12-7-5-11(6-8-12)17-19-14-4-2-1-3-13(14)18(26)21(17)20-15(23)9-10-16(24)25/h1-8,17,19,22H,9-10H2,(H,20,23)(H,24,25)/t17-/m0/s1. The number of phenolic OH excluding ortho intramolecular Hbond substituents is 1. The van der Waals surface area contributed by atoms with Crippen molar-refractivity contribution in [1.29, 1.82) is 0 Å².